The molecule has 1 amide bonds. The number of fused-ring (bicyclic) bond motifs is 1. The normalized spacial score (nSPS) is 15.2. The highest BCUT2D eigenvalue weighted by Crippen LogP contribution is 2.32. The number of nitrogens with zero attached hydrogens (tertiary/aromatic N) is 4. The molecular formula is C29H43N5O3Si. The first kappa shape index (κ1) is 28.1. The first-order chi connectivity index (χ1) is 17.9. The fourth-order valence-corrected chi connectivity index (χ4v) is 5.31. The van der Waals surface area contributed by atoms with E-state index >= 15 is 0 Å². The van der Waals surface area contributed by atoms with E-state index in [-0.39, 0.29) is 12.1 Å². The van der Waals surface area contributed by atoms with Gasteiger partial charge in [-0.05, 0) is 64.3 Å². The molecule has 8 nitrogen and oxygen atoms in total. The van der Waals surface area contributed by atoms with Gasteiger partial charge in [0.1, 0.15) is 23.8 Å². The lowest BCUT2D eigenvalue weighted by atomic mass is 10.0. The number of para-hydroxylation sites is 1. The summed E-state index contributed by atoms with van der Waals surface area (Å²) >= 11 is 0. The monoisotopic (exact) mass is 537 g/mol. The maximum Gasteiger partial charge on any atom is 0.410 e. The minimum atomic E-state index is -1.14. The molecule has 38 heavy (non-hydrogen) atoms. The van der Waals surface area contributed by atoms with E-state index in [1.165, 1.54) is 0 Å². The largest absolute Gasteiger partial charge is 0.444 e. The molecule has 1 saturated heterocycles. The summed E-state index contributed by atoms with van der Waals surface area (Å²) in [4.78, 5) is 18.9. The predicted octanol–water partition coefficient (Wildman–Crippen LogP) is 6.53. The zero-order valence-electron chi connectivity index (χ0n) is 24.0. The van der Waals surface area contributed by atoms with Gasteiger partial charge in [0.15, 0.2) is 0 Å². The van der Waals surface area contributed by atoms with Crippen molar-refractivity contribution in [1.82, 2.24) is 19.7 Å². The molecule has 1 aliphatic heterocycles. The molecule has 206 valence electrons. The lowest BCUT2D eigenvalue weighted by molar-refractivity contribution is 0.0210. The highest BCUT2D eigenvalue weighted by atomic mass is 28.3. The van der Waals surface area contributed by atoms with Gasteiger partial charge in [-0.3, -0.25) is 0 Å². The van der Waals surface area contributed by atoms with E-state index in [9.17, 15) is 4.79 Å². The number of rotatable bonds is 8. The fourth-order valence-electron chi connectivity index (χ4n) is 4.55. The van der Waals surface area contributed by atoms with Gasteiger partial charge in [0.2, 0.25) is 0 Å². The van der Waals surface area contributed by atoms with Crippen LogP contribution in [0, 0.1) is 6.92 Å². The number of anilines is 1. The van der Waals surface area contributed by atoms with Crippen LogP contribution >= 0.6 is 0 Å². The minimum Gasteiger partial charge on any atom is -0.444 e. The average Bonchev–Trinajstić information content (AvgIpc) is 3.20. The number of aryl methyl sites for hydroxylation is 1. The third-order valence-electron chi connectivity index (χ3n) is 6.72. The average molecular weight is 538 g/mol. The number of piperidine rings is 1. The van der Waals surface area contributed by atoms with E-state index in [1.54, 1.807) is 4.90 Å². The van der Waals surface area contributed by atoms with E-state index in [1.807, 2.05) is 37.7 Å². The maximum absolute atomic E-state index is 12.4. The number of benzene rings is 1. The molecule has 0 aliphatic carbocycles. The molecule has 0 spiro atoms. The molecule has 0 saturated carbocycles. The summed E-state index contributed by atoms with van der Waals surface area (Å²) in [6.45, 7) is 17.4. The molecule has 0 bridgehead atoms. The van der Waals surface area contributed by atoms with Crippen LogP contribution in [-0.4, -0.2) is 65.2 Å². The topological polar surface area (TPSA) is 81.5 Å². The number of hydrogen-bond acceptors (Lipinski definition) is 6. The Morgan fingerprint density at radius 1 is 1.16 bits per heavy atom. The third kappa shape index (κ3) is 7.35. The number of carbonyl (C=O) groups excluding carboxylic acids is 1. The van der Waals surface area contributed by atoms with Crippen molar-refractivity contribution in [3.8, 4) is 11.3 Å². The quantitative estimate of drug-likeness (QED) is 0.260. The van der Waals surface area contributed by atoms with Gasteiger partial charge < -0.3 is 19.7 Å². The van der Waals surface area contributed by atoms with Crippen LogP contribution in [0.1, 0.15) is 39.2 Å². The molecular weight excluding hydrogens is 494 g/mol. The second kappa shape index (κ2) is 11.5. The van der Waals surface area contributed by atoms with E-state index in [0.717, 1.165) is 59.0 Å². The summed E-state index contributed by atoms with van der Waals surface area (Å²) in [5.41, 5.74) is 3.66. The molecule has 0 radical (unpaired) electrons. The second-order valence-corrected chi connectivity index (χ2v) is 18.1. The van der Waals surface area contributed by atoms with Gasteiger partial charge in [0.05, 0.1) is 5.52 Å². The number of pyridine rings is 1. The van der Waals surface area contributed by atoms with Gasteiger partial charge in [-0.2, -0.15) is 5.10 Å². The fraction of sp³-hybridized carbons (Fsp3) is 0.552. The molecule has 9 heteroatoms. The van der Waals surface area contributed by atoms with Crippen LogP contribution in [0.2, 0.25) is 25.7 Å². The van der Waals surface area contributed by atoms with Crippen LogP contribution in [0.25, 0.3) is 22.2 Å². The Balaban J connectivity index is 1.46. The van der Waals surface area contributed by atoms with Gasteiger partial charge >= 0.3 is 6.09 Å². The van der Waals surface area contributed by atoms with Crippen molar-refractivity contribution in [3.05, 3.63) is 42.1 Å². The van der Waals surface area contributed by atoms with Crippen molar-refractivity contribution in [2.45, 2.75) is 84.6 Å². The van der Waals surface area contributed by atoms with Gasteiger partial charge in [-0.15, -0.1) is 0 Å². The molecule has 1 aromatic carbocycles. The first-order valence-corrected chi connectivity index (χ1v) is 17.4. The van der Waals surface area contributed by atoms with Crippen molar-refractivity contribution in [2.24, 2.45) is 0 Å². The lowest BCUT2D eigenvalue weighted by Gasteiger charge is -2.34. The molecule has 3 heterocycles. The van der Waals surface area contributed by atoms with Crippen LogP contribution < -0.4 is 5.32 Å². The summed E-state index contributed by atoms with van der Waals surface area (Å²) in [5.74, 6) is 0.825. The zero-order valence-corrected chi connectivity index (χ0v) is 25.0. The first-order valence-electron chi connectivity index (χ1n) is 13.6. The van der Waals surface area contributed by atoms with Crippen molar-refractivity contribution in [2.75, 3.05) is 25.0 Å². The number of hydrogen-bond donors (Lipinski definition) is 1. The van der Waals surface area contributed by atoms with Gasteiger partial charge in [-0.1, -0.05) is 37.8 Å². The summed E-state index contributed by atoms with van der Waals surface area (Å²) in [5, 5.41) is 9.69. The summed E-state index contributed by atoms with van der Waals surface area (Å²) < 4.78 is 13.5. The van der Waals surface area contributed by atoms with Gasteiger partial charge in [-0.25, -0.2) is 14.5 Å². The molecule has 0 unspecified atom stereocenters. The van der Waals surface area contributed by atoms with E-state index in [0.29, 0.717) is 19.8 Å². The number of amides is 1. The molecule has 4 rings (SSSR count). The molecule has 0 atom stereocenters. The van der Waals surface area contributed by atoms with Crippen LogP contribution in [0.15, 0.2) is 36.5 Å². The Morgan fingerprint density at radius 3 is 2.55 bits per heavy atom. The van der Waals surface area contributed by atoms with Crippen LogP contribution in [0.4, 0.5) is 10.6 Å². The summed E-state index contributed by atoms with van der Waals surface area (Å²) in [6, 6.07) is 11.8. The van der Waals surface area contributed by atoms with Crippen molar-refractivity contribution in [3.63, 3.8) is 0 Å². The van der Waals surface area contributed by atoms with Gasteiger partial charge in [0, 0.05) is 51.0 Å². The van der Waals surface area contributed by atoms with Crippen molar-refractivity contribution >= 4 is 30.9 Å². The highest BCUT2D eigenvalue weighted by Gasteiger charge is 2.27. The Labute approximate surface area is 227 Å². The summed E-state index contributed by atoms with van der Waals surface area (Å²) in [6.07, 6.45) is 3.36. The second-order valence-electron chi connectivity index (χ2n) is 12.5. The van der Waals surface area contributed by atoms with E-state index in [2.05, 4.69) is 61.1 Å². The number of nitrogens with one attached hydrogen (secondary N) is 1. The van der Waals surface area contributed by atoms with Gasteiger partial charge in [0.25, 0.3) is 0 Å². The Bertz CT molecular complexity index is 1250. The summed E-state index contributed by atoms with van der Waals surface area (Å²) in [7, 11) is -1.14. The molecule has 1 N–H and O–H groups in total. The Hall–Kier alpha value is -2.91. The molecule has 3 aromatic rings. The SMILES string of the molecule is Cc1cnc(NC2CCN(C(=O)OC(C)(C)C)CC2)cc1-c1nn(COCC[Si](C)(C)C)c2ccccc12. The zero-order chi connectivity index (χ0) is 27.5. The minimum absolute atomic E-state index is 0.237. The highest BCUT2D eigenvalue weighted by molar-refractivity contribution is 6.76. The predicted molar refractivity (Wildman–Crippen MR) is 156 cm³/mol. The van der Waals surface area contributed by atoms with Crippen molar-refractivity contribution < 1.29 is 14.3 Å². The van der Waals surface area contributed by atoms with E-state index in [4.69, 9.17) is 14.6 Å². The number of carbonyl (C=O) groups is 1. The van der Waals surface area contributed by atoms with E-state index < -0.39 is 13.7 Å². The Morgan fingerprint density at radius 2 is 1.87 bits per heavy atom. The maximum atomic E-state index is 12.4. The van der Waals surface area contributed by atoms with Crippen LogP contribution in [0.5, 0.6) is 0 Å². The molecule has 1 aliphatic rings. The third-order valence-corrected chi connectivity index (χ3v) is 8.43. The number of likely N-dealkylation sites (tertiary alicyclic amines) is 1. The molecule has 2 aromatic heterocycles. The van der Waals surface area contributed by atoms with Crippen LogP contribution in [-0.2, 0) is 16.2 Å². The van der Waals surface area contributed by atoms with Crippen LogP contribution in [0.3, 0.4) is 0 Å². The van der Waals surface area contributed by atoms with Crippen molar-refractivity contribution in [1.29, 1.82) is 0 Å². The standard InChI is InChI=1S/C29H43N5O3Si/c1-21-19-30-26(31-22-12-14-33(15-13-22)28(35)37-29(2,3)4)18-24(21)27-23-10-8-9-11-25(23)34(32-27)20-36-16-17-38(5,6)7/h8-11,18-19,22H,12-17,20H2,1-7H3,(H,30,31). The lowest BCUT2D eigenvalue weighted by Crippen LogP contribution is -2.44. The number of aromatic nitrogens is 3. The number of ether oxygens (including phenoxy) is 2. The molecule has 1 fully saturated rings. The Kier molecular flexibility index (Phi) is 8.47. The smallest absolute Gasteiger partial charge is 0.410 e.